The van der Waals surface area contributed by atoms with Gasteiger partial charge in [-0.3, -0.25) is 9.69 Å². The first-order valence-electron chi connectivity index (χ1n) is 7.94. The maximum atomic E-state index is 12.5. The van der Waals surface area contributed by atoms with Gasteiger partial charge in [0.15, 0.2) is 0 Å². The molecule has 4 heteroatoms. The van der Waals surface area contributed by atoms with E-state index < -0.39 is 0 Å². The van der Waals surface area contributed by atoms with Crippen LogP contribution in [0.3, 0.4) is 0 Å². The van der Waals surface area contributed by atoms with E-state index in [2.05, 4.69) is 28.9 Å². The van der Waals surface area contributed by atoms with Crippen molar-refractivity contribution in [3.05, 3.63) is 34.9 Å². The molecule has 3 aliphatic rings. The summed E-state index contributed by atoms with van der Waals surface area (Å²) >= 11 is 5.94. The molecule has 0 unspecified atom stereocenters. The molecule has 0 spiro atoms. The molecular formula is C17H23ClN2O. The fourth-order valence-corrected chi connectivity index (χ4v) is 3.77. The average molecular weight is 307 g/mol. The number of piperidine rings is 1. The molecule has 2 bridgehead atoms. The first-order chi connectivity index (χ1) is 10.2. The second-order valence-corrected chi connectivity index (χ2v) is 6.72. The molecule has 21 heavy (non-hydrogen) atoms. The van der Waals surface area contributed by atoms with E-state index in [1.54, 1.807) is 0 Å². The summed E-state index contributed by atoms with van der Waals surface area (Å²) in [4.78, 5) is 17.1. The molecule has 1 aromatic carbocycles. The normalized spacial score (nSPS) is 26.2. The van der Waals surface area contributed by atoms with Gasteiger partial charge in [-0.15, -0.1) is 0 Å². The van der Waals surface area contributed by atoms with Gasteiger partial charge in [0.05, 0.1) is 5.92 Å². The van der Waals surface area contributed by atoms with Gasteiger partial charge in [0.2, 0.25) is 5.91 Å². The SMILES string of the molecule is CCCN1C(=O)[C@H]2CC[C@@H]1CN(Cc1ccc(Cl)cc1)C2. The van der Waals surface area contributed by atoms with Crippen LogP contribution < -0.4 is 0 Å². The molecule has 2 atom stereocenters. The number of carbonyl (C=O) groups excluding carboxylic acids is 1. The fraction of sp³-hybridized carbons (Fsp3) is 0.588. The molecule has 3 heterocycles. The predicted molar refractivity (Wildman–Crippen MR) is 85.2 cm³/mol. The average Bonchev–Trinajstić information content (AvgIpc) is 2.74. The maximum absolute atomic E-state index is 12.5. The van der Waals surface area contributed by atoms with E-state index in [9.17, 15) is 4.79 Å². The van der Waals surface area contributed by atoms with Gasteiger partial charge in [-0.2, -0.15) is 0 Å². The van der Waals surface area contributed by atoms with Gasteiger partial charge in [0.25, 0.3) is 0 Å². The Balaban J connectivity index is 1.71. The van der Waals surface area contributed by atoms with Crippen LogP contribution in [0.15, 0.2) is 24.3 Å². The third-order valence-corrected chi connectivity index (χ3v) is 4.90. The Morgan fingerprint density at radius 3 is 2.67 bits per heavy atom. The zero-order valence-electron chi connectivity index (χ0n) is 12.6. The maximum Gasteiger partial charge on any atom is 0.227 e. The highest BCUT2D eigenvalue weighted by molar-refractivity contribution is 6.30. The molecule has 1 amide bonds. The number of amides is 1. The highest BCUT2D eigenvalue weighted by Gasteiger charge is 2.39. The zero-order valence-corrected chi connectivity index (χ0v) is 13.4. The van der Waals surface area contributed by atoms with Crippen LogP contribution in [0.1, 0.15) is 31.7 Å². The van der Waals surface area contributed by atoms with Gasteiger partial charge in [0, 0.05) is 37.2 Å². The monoisotopic (exact) mass is 306 g/mol. The molecule has 4 rings (SSSR count). The summed E-state index contributed by atoms with van der Waals surface area (Å²) in [5, 5.41) is 0.777. The number of hydrogen-bond donors (Lipinski definition) is 0. The highest BCUT2D eigenvalue weighted by Crippen LogP contribution is 2.30. The topological polar surface area (TPSA) is 23.6 Å². The fourth-order valence-electron chi connectivity index (χ4n) is 3.64. The van der Waals surface area contributed by atoms with E-state index in [1.807, 2.05) is 12.1 Å². The van der Waals surface area contributed by atoms with Crippen molar-refractivity contribution in [3.63, 3.8) is 0 Å². The second kappa shape index (κ2) is 6.37. The van der Waals surface area contributed by atoms with Gasteiger partial charge in [0.1, 0.15) is 0 Å². The zero-order chi connectivity index (χ0) is 14.8. The lowest BCUT2D eigenvalue weighted by Gasteiger charge is -2.35. The Morgan fingerprint density at radius 1 is 1.19 bits per heavy atom. The molecule has 0 N–H and O–H groups in total. The Hall–Kier alpha value is -1.06. The molecule has 3 saturated heterocycles. The molecular weight excluding hydrogens is 284 g/mol. The number of halogens is 1. The lowest BCUT2D eigenvalue weighted by atomic mass is 9.94. The van der Waals surface area contributed by atoms with Crippen molar-refractivity contribution < 1.29 is 4.79 Å². The minimum atomic E-state index is 0.197. The summed E-state index contributed by atoms with van der Waals surface area (Å²) in [5.41, 5.74) is 1.27. The van der Waals surface area contributed by atoms with Gasteiger partial charge in [-0.25, -0.2) is 0 Å². The molecule has 0 aromatic heterocycles. The molecule has 3 aliphatic heterocycles. The van der Waals surface area contributed by atoms with Crippen molar-refractivity contribution in [2.75, 3.05) is 19.6 Å². The van der Waals surface area contributed by atoms with Crippen molar-refractivity contribution in [1.29, 1.82) is 0 Å². The predicted octanol–water partition coefficient (Wildman–Crippen LogP) is 3.17. The molecule has 3 fully saturated rings. The lowest BCUT2D eigenvalue weighted by molar-refractivity contribution is -0.139. The first-order valence-corrected chi connectivity index (χ1v) is 8.32. The highest BCUT2D eigenvalue weighted by atomic mass is 35.5. The van der Waals surface area contributed by atoms with Crippen LogP contribution in [0, 0.1) is 5.92 Å². The van der Waals surface area contributed by atoms with E-state index >= 15 is 0 Å². The molecule has 0 aliphatic carbocycles. The largest absolute Gasteiger partial charge is 0.338 e. The number of benzene rings is 1. The Morgan fingerprint density at radius 2 is 1.95 bits per heavy atom. The summed E-state index contributed by atoms with van der Waals surface area (Å²) in [7, 11) is 0. The van der Waals surface area contributed by atoms with Crippen molar-refractivity contribution >= 4 is 17.5 Å². The molecule has 0 saturated carbocycles. The van der Waals surface area contributed by atoms with E-state index in [4.69, 9.17) is 11.6 Å². The van der Waals surface area contributed by atoms with Crippen LogP contribution in [0.5, 0.6) is 0 Å². The summed E-state index contributed by atoms with van der Waals surface area (Å²) < 4.78 is 0. The first kappa shape index (κ1) is 14.9. The number of nitrogens with zero attached hydrogens (tertiary/aromatic N) is 2. The second-order valence-electron chi connectivity index (χ2n) is 6.28. The minimum absolute atomic E-state index is 0.197. The van der Waals surface area contributed by atoms with E-state index in [0.29, 0.717) is 11.9 Å². The standard InChI is InChI=1S/C17H23ClN2O/c1-2-9-20-16-8-5-14(17(20)21)11-19(12-16)10-13-3-6-15(18)7-4-13/h3-4,6-7,14,16H,2,5,8-12H2,1H3/t14-,16+/m0/s1. The molecule has 0 radical (unpaired) electrons. The lowest BCUT2D eigenvalue weighted by Crippen LogP contribution is -2.48. The van der Waals surface area contributed by atoms with E-state index in [0.717, 1.165) is 50.5 Å². The minimum Gasteiger partial charge on any atom is -0.338 e. The summed E-state index contributed by atoms with van der Waals surface area (Å²) in [5.74, 6) is 0.578. The van der Waals surface area contributed by atoms with E-state index in [1.165, 1.54) is 5.56 Å². The van der Waals surface area contributed by atoms with Gasteiger partial charge in [-0.1, -0.05) is 30.7 Å². The molecule has 114 valence electrons. The van der Waals surface area contributed by atoms with Gasteiger partial charge >= 0.3 is 0 Å². The van der Waals surface area contributed by atoms with Crippen LogP contribution in [0.2, 0.25) is 5.02 Å². The van der Waals surface area contributed by atoms with Crippen LogP contribution >= 0.6 is 11.6 Å². The van der Waals surface area contributed by atoms with E-state index in [-0.39, 0.29) is 5.92 Å². The third kappa shape index (κ3) is 3.24. The smallest absolute Gasteiger partial charge is 0.227 e. The van der Waals surface area contributed by atoms with Crippen molar-refractivity contribution in [2.45, 2.75) is 38.8 Å². The van der Waals surface area contributed by atoms with Crippen molar-refractivity contribution in [2.24, 2.45) is 5.92 Å². The molecule has 1 aromatic rings. The number of rotatable bonds is 4. The third-order valence-electron chi connectivity index (χ3n) is 4.65. The summed E-state index contributed by atoms with van der Waals surface area (Å²) in [6.07, 6.45) is 3.26. The van der Waals surface area contributed by atoms with Gasteiger partial charge in [-0.05, 0) is 37.0 Å². The summed E-state index contributed by atoms with van der Waals surface area (Å²) in [6.45, 7) is 5.88. The Labute approximate surface area is 131 Å². The van der Waals surface area contributed by atoms with Crippen molar-refractivity contribution in [1.82, 2.24) is 9.80 Å². The Bertz CT molecular complexity index is 502. The summed E-state index contributed by atoms with van der Waals surface area (Å²) in [6, 6.07) is 8.46. The van der Waals surface area contributed by atoms with Crippen LogP contribution in [-0.4, -0.2) is 41.4 Å². The van der Waals surface area contributed by atoms with Crippen LogP contribution in [0.4, 0.5) is 0 Å². The quantitative estimate of drug-likeness (QED) is 0.853. The van der Waals surface area contributed by atoms with Crippen LogP contribution in [0.25, 0.3) is 0 Å². The molecule has 3 nitrogen and oxygen atoms in total. The number of carbonyl (C=O) groups is 1. The van der Waals surface area contributed by atoms with Gasteiger partial charge < -0.3 is 4.90 Å². The number of hydrogen-bond acceptors (Lipinski definition) is 2. The Kier molecular flexibility index (Phi) is 4.51. The van der Waals surface area contributed by atoms with Crippen molar-refractivity contribution in [3.8, 4) is 0 Å². The number of fused-ring (bicyclic) bond motifs is 4. The van der Waals surface area contributed by atoms with Crippen LogP contribution in [-0.2, 0) is 11.3 Å².